The number of thiocarbonyl (C=S) groups is 1. The third-order valence-corrected chi connectivity index (χ3v) is 3.78. The lowest BCUT2D eigenvalue weighted by molar-refractivity contribution is 0.569. The van der Waals surface area contributed by atoms with Crippen LogP contribution in [0.15, 0.2) is 23.1 Å². The third-order valence-electron chi connectivity index (χ3n) is 1.90. The van der Waals surface area contributed by atoms with Crippen LogP contribution in [0, 0.1) is 5.82 Å². The molecule has 0 radical (unpaired) electrons. The zero-order valence-corrected chi connectivity index (χ0v) is 11.0. The minimum absolute atomic E-state index is 0.0598. The molecule has 0 spiro atoms. The van der Waals surface area contributed by atoms with Crippen LogP contribution in [-0.4, -0.2) is 19.4 Å². The maximum atomic E-state index is 13.3. The average molecular weight is 276 g/mol. The highest BCUT2D eigenvalue weighted by Gasteiger charge is 2.17. The topological polar surface area (TPSA) is 72.2 Å². The Bertz CT molecular complexity index is 541. The molecule has 1 aromatic rings. The van der Waals surface area contributed by atoms with Gasteiger partial charge in [-0.15, -0.1) is 0 Å². The van der Waals surface area contributed by atoms with Crippen LogP contribution >= 0.6 is 12.2 Å². The molecule has 0 fully saturated rings. The van der Waals surface area contributed by atoms with Crippen molar-refractivity contribution in [1.82, 2.24) is 4.72 Å². The summed E-state index contributed by atoms with van der Waals surface area (Å²) in [4.78, 5) is -0.237. The quantitative estimate of drug-likeness (QED) is 0.809. The minimum atomic E-state index is -3.66. The van der Waals surface area contributed by atoms with Crippen LogP contribution in [0.25, 0.3) is 0 Å². The van der Waals surface area contributed by atoms with E-state index in [2.05, 4.69) is 16.9 Å². The summed E-state index contributed by atoms with van der Waals surface area (Å²) in [6.45, 7) is 3.38. The molecular weight excluding hydrogens is 263 g/mol. The fourth-order valence-corrected chi connectivity index (χ4v) is 2.67. The maximum absolute atomic E-state index is 13.3. The number of hydrogen-bond donors (Lipinski definition) is 2. The first-order chi connectivity index (χ1) is 7.74. The molecule has 0 aliphatic rings. The summed E-state index contributed by atoms with van der Waals surface area (Å²) < 4.78 is 39.3. The second-order valence-corrected chi connectivity index (χ2v) is 5.94. The SMILES string of the molecule is CC(C)NS(=O)(=O)c1ccc(F)c(C(N)=S)c1. The Morgan fingerprint density at radius 3 is 2.53 bits per heavy atom. The first-order valence-electron chi connectivity index (χ1n) is 4.85. The predicted octanol–water partition coefficient (Wildman–Crippen LogP) is 1.15. The molecule has 0 heterocycles. The molecule has 0 unspecified atom stereocenters. The van der Waals surface area contributed by atoms with Crippen LogP contribution in [0.4, 0.5) is 4.39 Å². The average Bonchev–Trinajstić information content (AvgIpc) is 2.15. The number of nitrogens with two attached hydrogens (primary N) is 1. The summed E-state index contributed by atoms with van der Waals surface area (Å²) in [6.07, 6.45) is 0. The van der Waals surface area contributed by atoms with Crippen molar-refractivity contribution in [2.24, 2.45) is 5.73 Å². The van der Waals surface area contributed by atoms with Gasteiger partial charge < -0.3 is 5.73 Å². The van der Waals surface area contributed by atoms with Gasteiger partial charge in [-0.2, -0.15) is 0 Å². The van der Waals surface area contributed by atoms with Crippen molar-refractivity contribution >= 4 is 27.2 Å². The number of rotatable bonds is 4. The molecule has 0 aliphatic heterocycles. The lowest BCUT2D eigenvalue weighted by Crippen LogP contribution is -2.30. The first kappa shape index (κ1) is 14.0. The van der Waals surface area contributed by atoms with Crippen LogP contribution < -0.4 is 10.5 Å². The van der Waals surface area contributed by atoms with Crippen LogP contribution in [0.1, 0.15) is 19.4 Å². The molecule has 0 atom stereocenters. The van der Waals surface area contributed by atoms with E-state index in [9.17, 15) is 12.8 Å². The van der Waals surface area contributed by atoms with Gasteiger partial charge in [0.1, 0.15) is 10.8 Å². The Balaban J connectivity index is 3.25. The van der Waals surface area contributed by atoms with Gasteiger partial charge in [0, 0.05) is 11.6 Å². The van der Waals surface area contributed by atoms with E-state index in [-0.39, 0.29) is 21.5 Å². The van der Waals surface area contributed by atoms with Gasteiger partial charge in [-0.05, 0) is 32.0 Å². The van der Waals surface area contributed by atoms with Gasteiger partial charge >= 0.3 is 0 Å². The van der Waals surface area contributed by atoms with Gasteiger partial charge in [0.05, 0.1) is 4.90 Å². The van der Waals surface area contributed by atoms with E-state index >= 15 is 0 Å². The Kier molecular flexibility index (Phi) is 4.18. The Labute approximate surface area is 105 Å². The monoisotopic (exact) mass is 276 g/mol. The highest BCUT2D eigenvalue weighted by Crippen LogP contribution is 2.15. The van der Waals surface area contributed by atoms with Crippen molar-refractivity contribution in [2.45, 2.75) is 24.8 Å². The molecule has 4 nitrogen and oxygen atoms in total. The van der Waals surface area contributed by atoms with E-state index in [1.54, 1.807) is 13.8 Å². The number of benzene rings is 1. The van der Waals surface area contributed by atoms with E-state index < -0.39 is 15.8 Å². The van der Waals surface area contributed by atoms with E-state index in [4.69, 9.17) is 5.73 Å². The van der Waals surface area contributed by atoms with Crippen LogP contribution in [0.5, 0.6) is 0 Å². The summed E-state index contributed by atoms with van der Waals surface area (Å²) in [7, 11) is -3.66. The molecule has 0 bridgehead atoms. The lowest BCUT2D eigenvalue weighted by atomic mass is 10.2. The summed E-state index contributed by atoms with van der Waals surface area (Å²) in [5.41, 5.74) is 5.23. The van der Waals surface area contributed by atoms with Gasteiger partial charge in [0.15, 0.2) is 0 Å². The zero-order chi connectivity index (χ0) is 13.2. The molecule has 0 aromatic heterocycles. The molecule has 3 N–H and O–H groups in total. The van der Waals surface area contributed by atoms with E-state index in [0.29, 0.717) is 0 Å². The standard InChI is InChI=1S/C10H13FN2O2S2/c1-6(2)13-17(14,15)7-3-4-9(11)8(5-7)10(12)16/h3-6,13H,1-2H3,(H2,12,16). The van der Waals surface area contributed by atoms with Crippen molar-refractivity contribution in [3.63, 3.8) is 0 Å². The molecule has 0 saturated heterocycles. The van der Waals surface area contributed by atoms with Gasteiger partial charge in [-0.3, -0.25) is 0 Å². The predicted molar refractivity (Wildman–Crippen MR) is 67.7 cm³/mol. The summed E-state index contributed by atoms with van der Waals surface area (Å²) in [6, 6.07) is 3.08. The zero-order valence-electron chi connectivity index (χ0n) is 9.40. The molecule has 0 aliphatic carbocycles. The van der Waals surface area contributed by atoms with Gasteiger partial charge in [0.2, 0.25) is 10.0 Å². The van der Waals surface area contributed by atoms with Crippen molar-refractivity contribution < 1.29 is 12.8 Å². The normalized spacial score (nSPS) is 11.8. The van der Waals surface area contributed by atoms with Crippen molar-refractivity contribution in [2.75, 3.05) is 0 Å². The highest BCUT2D eigenvalue weighted by molar-refractivity contribution is 7.89. The lowest BCUT2D eigenvalue weighted by Gasteiger charge is -2.10. The first-order valence-corrected chi connectivity index (χ1v) is 6.75. The van der Waals surface area contributed by atoms with Crippen LogP contribution in [-0.2, 0) is 10.0 Å². The Hall–Kier alpha value is -1.05. The molecule has 0 saturated carbocycles. The number of hydrogen-bond acceptors (Lipinski definition) is 3. The third kappa shape index (κ3) is 3.45. The minimum Gasteiger partial charge on any atom is -0.389 e. The molecular formula is C10H13FN2O2S2. The van der Waals surface area contributed by atoms with Gasteiger partial charge in [-0.1, -0.05) is 12.2 Å². The maximum Gasteiger partial charge on any atom is 0.240 e. The van der Waals surface area contributed by atoms with Crippen molar-refractivity contribution in [3.8, 4) is 0 Å². The van der Waals surface area contributed by atoms with E-state index in [1.807, 2.05) is 0 Å². The second kappa shape index (κ2) is 5.07. The van der Waals surface area contributed by atoms with E-state index in [0.717, 1.165) is 12.1 Å². The molecule has 1 rings (SSSR count). The van der Waals surface area contributed by atoms with Gasteiger partial charge in [0.25, 0.3) is 0 Å². The number of sulfonamides is 1. The largest absolute Gasteiger partial charge is 0.389 e. The molecule has 94 valence electrons. The van der Waals surface area contributed by atoms with Crippen molar-refractivity contribution in [3.05, 3.63) is 29.6 Å². The number of halogens is 1. The van der Waals surface area contributed by atoms with Gasteiger partial charge in [-0.25, -0.2) is 17.5 Å². The Morgan fingerprint density at radius 2 is 2.06 bits per heavy atom. The summed E-state index contributed by atoms with van der Waals surface area (Å²) in [5.74, 6) is -0.638. The molecule has 17 heavy (non-hydrogen) atoms. The van der Waals surface area contributed by atoms with Crippen molar-refractivity contribution in [1.29, 1.82) is 0 Å². The fourth-order valence-electron chi connectivity index (χ4n) is 1.24. The second-order valence-electron chi connectivity index (χ2n) is 3.78. The molecule has 7 heteroatoms. The summed E-state index contributed by atoms with van der Waals surface area (Å²) in [5, 5.41) is 0. The molecule has 1 aromatic carbocycles. The smallest absolute Gasteiger partial charge is 0.240 e. The summed E-state index contributed by atoms with van der Waals surface area (Å²) >= 11 is 4.64. The fraction of sp³-hybridized carbons (Fsp3) is 0.300. The highest BCUT2D eigenvalue weighted by atomic mass is 32.2. The molecule has 0 amide bonds. The van der Waals surface area contributed by atoms with Crippen LogP contribution in [0.3, 0.4) is 0 Å². The van der Waals surface area contributed by atoms with Crippen LogP contribution in [0.2, 0.25) is 0 Å². The number of nitrogens with one attached hydrogen (secondary N) is 1. The Morgan fingerprint density at radius 1 is 1.47 bits per heavy atom. The van der Waals surface area contributed by atoms with E-state index in [1.165, 1.54) is 6.07 Å².